The van der Waals surface area contributed by atoms with Crippen LogP contribution in [-0.2, 0) is 27.3 Å². The Balaban J connectivity index is 1.35. The van der Waals surface area contributed by atoms with Crippen molar-refractivity contribution in [3.05, 3.63) is 47.5 Å². The van der Waals surface area contributed by atoms with Gasteiger partial charge in [-0.25, -0.2) is 9.78 Å². The molecule has 4 heterocycles. The summed E-state index contributed by atoms with van der Waals surface area (Å²) in [5, 5.41) is 8.87. The molecule has 0 bridgehead atoms. The predicted octanol–water partition coefficient (Wildman–Crippen LogP) is 0.819. The lowest BCUT2D eigenvalue weighted by molar-refractivity contribution is -0.157. The Bertz CT molecular complexity index is 1540. The van der Waals surface area contributed by atoms with Gasteiger partial charge >= 0.3 is 6.03 Å². The van der Waals surface area contributed by atoms with Crippen molar-refractivity contribution in [3.63, 3.8) is 0 Å². The number of rotatable bonds is 5. The fraction of sp³-hybridized carbons (Fsp3) is 0.346. The number of para-hydroxylation sites is 1. The molecule has 14 heteroatoms. The molecule has 2 saturated heterocycles. The number of anilines is 2. The zero-order valence-corrected chi connectivity index (χ0v) is 22.7. The Hall–Kier alpha value is -4.43. The van der Waals surface area contributed by atoms with Crippen LogP contribution in [0.1, 0.15) is 11.1 Å². The molecule has 13 nitrogen and oxygen atoms in total. The second-order valence-electron chi connectivity index (χ2n) is 9.88. The first-order valence-corrected chi connectivity index (χ1v) is 13.6. The van der Waals surface area contributed by atoms with E-state index < -0.39 is 12.2 Å². The number of fused-ring (bicyclic) bond motifs is 3. The van der Waals surface area contributed by atoms with Crippen molar-refractivity contribution in [1.82, 2.24) is 30.1 Å². The quantitative estimate of drug-likeness (QED) is 0.412. The van der Waals surface area contributed by atoms with Gasteiger partial charge in [0.05, 0.1) is 29.0 Å². The van der Waals surface area contributed by atoms with Gasteiger partial charge in [-0.3, -0.25) is 19.4 Å². The molecule has 1 unspecified atom stereocenters. The predicted molar refractivity (Wildman–Crippen MR) is 147 cm³/mol. The molecule has 3 aliphatic rings. The highest BCUT2D eigenvalue weighted by atomic mass is 32.1. The van der Waals surface area contributed by atoms with E-state index in [4.69, 9.17) is 10.5 Å². The molecule has 40 heavy (non-hydrogen) atoms. The summed E-state index contributed by atoms with van der Waals surface area (Å²) in [5.41, 5.74) is 8.82. The van der Waals surface area contributed by atoms with Crippen molar-refractivity contribution in [2.24, 2.45) is 0 Å². The molecule has 3 aliphatic heterocycles. The van der Waals surface area contributed by atoms with Crippen LogP contribution in [-0.4, -0.2) is 94.6 Å². The van der Waals surface area contributed by atoms with Gasteiger partial charge in [0, 0.05) is 27.1 Å². The van der Waals surface area contributed by atoms with Crippen molar-refractivity contribution in [2.75, 3.05) is 44.8 Å². The highest BCUT2D eigenvalue weighted by molar-refractivity contribution is 7.22. The minimum Gasteiger partial charge on any atom is -0.482 e. The van der Waals surface area contributed by atoms with Crippen molar-refractivity contribution >= 4 is 56.1 Å². The number of hydrazine groups is 1. The number of ether oxygens (including phenoxy) is 1. The Morgan fingerprint density at radius 2 is 2.10 bits per heavy atom. The van der Waals surface area contributed by atoms with Gasteiger partial charge in [0.15, 0.2) is 11.7 Å². The molecule has 5 amide bonds. The van der Waals surface area contributed by atoms with E-state index >= 15 is 0 Å². The van der Waals surface area contributed by atoms with Gasteiger partial charge in [-0.05, 0) is 29.3 Å². The van der Waals surface area contributed by atoms with Crippen LogP contribution in [0.3, 0.4) is 0 Å². The maximum absolute atomic E-state index is 14.1. The standard InChI is InChI=1S/C26H28N8O5S/c1-28-26(38)31(2)33-12-22(36)34-17(9-14-6-7-18-16(8-14)29-20(35)13-39-18)24(37)32(11-21(33)34)10-15-4-3-5-19-23(15)30-25(27)40-19/h3-8,17,21H,9-13H2,1-2H3,(H2,27,30)(H,28,38)(H,29,35)/t17?,21-/m1/s1. The van der Waals surface area contributed by atoms with E-state index in [0.717, 1.165) is 21.3 Å². The molecule has 0 spiro atoms. The van der Waals surface area contributed by atoms with Gasteiger partial charge in [0.25, 0.3) is 5.91 Å². The van der Waals surface area contributed by atoms with E-state index in [1.165, 1.54) is 23.4 Å². The van der Waals surface area contributed by atoms with Gasteiger partial charge < -0.3 is 30.9 Å². The lowest BCUT2D eigenvalue weighted by atomic mass is 9.99. The number of nitrogens with one attached hydrogen (secondary N) is 2. The van der Waals surface area contributed by atoms with Crippen molar-refractivity contribution in [1.29, 1.82) is 0 Å². The zero-order chi connectivity index (χ0) is 28.1. The molecule has 6 rings (SSSR count). The van der Waals surface area contributed by atoms with Crippen LogP contribution in [0.2, 0.25) is 0 Å². The maximum Gasteiger partial charge on any atom is 0.331 e. The van der Waals surface area contributed by atoms with Crippen LogP contribution in [0.5, 0.6) is 5.75 Å². The summed E-state index contributed by atoms with van der Waals surface area (Å²) in [6.07, 6.45) is -0.343. The molecule has 4 N–H and O–H groups in total. The average Bonchev–Trinajstić information content (AvgIpc) is 3.48. The fourth-order valence-corrected chi connectivity index (χ4v) is 6.35. The number of urea groups is 1. The third-order valence-electron chi connectivity index (χ3n) is 7.45. The van der Waals surface area contributed by atoms with Gasteiger partial charge in [0.2, 0.25) is 11.8 Å². The Morgan fingerprint density at radius 1 is 1.27 bits per heavy atom. The van der Waals surface area contributed by atoms with Crippen LogP contribution in [0, 0.1) is 0 Å². The molecule has 3 aromatic rings. The average molecular weight is 565 g/mol. The van der Waals surface area contributed by atoms with E-state index in [-0.39, 0.29) is 56.4 Å². The van der Waals surface area contributed by atoms with Crippen LogP contribution in [0.15, 0.2) is 36.4 Å². The lowest BCUT2D eigenvalue weighted by Gasteiger charge is -2.45. The molecule has 0 saturated carbocycles. The topological polar surface area (TPSA) is 153 Å². The molecule has 2 aromatic carbocycles. The fourth-order valence-electron chi connectivity index (χ4n) is 5.56. The third-order valence-corrected chi connectivity index (χ3v) is 8.30. The number of piperazine rings is 1. The van der Waals surface area contributed by atoms with Crippen LogP contribution < -0.4 is 21.1 Å². The summed E-state index contributed by atoms with van der Waals surface area (Å²) in [6, 6.07) is 9.89. The normalized spacial score (nSPS) is 20.7. The van der Waals surface area contributed by atoms with E-state index in [9.17, 15) is 19.2 Å². The third kappa shape index (κ3) is 4.44. The van der Waals surface area contributed by atoms with Crippen molar-refractivity contribution < 1.29 is 23.9 Å². The number of thiazole rings is 1. The van der Waals surface area contributed by atoms with E-state index in [0.29, 0.717) is 16.6 Å². The summed E-state index contributed by atoms with van der Waals surface area (Å²) in [5.74, 6) is -0.178. The molecular formula is C26H28N8O5S. The first kappa shape index (κ1) is 25.8. The number of nitrogens with two attached hydrogens (primary N) is 1. The number of nitrogens with zero attached hydrogens (tertiary/aromatic N) is 5. The van der Waals surface area contributed by atoms with E-state index in [1.807, 2.05) is 24.3 Å². The molecule has 2 fully saturated rings. The molecular weight excluding hydrogens is 536 g/mol. The van der Waals surface area contributed by atoms with Crippen molar-refractivity contribution in [3.8, 4) is 5.75 Å². The monoisotopic (exact) mass is 564 g/mol. The summed E-state index contributed by atoms with van der Waals surface area (Å²) in [4.78, 5) is 59.5. The summed E-state index contributed by atoms with van der Waals surface area (Å²) in [6.45, 7) is 0.365. The maximum atomic E-state index is 14.1. The Morgan fingerprint density at radius 3 is 2.90 bits per heavy atom. The number of hydrogen-bond donors (Lipinski definition) is 3. The van der Waals surface area contributed by atoms with Gasteiger partial charge in [0.1, 0.15) is 18.0 Å². The summed E-state index contributed by atoms with van der Waals surface area (Å²) < 4.78 is 6.39. The number of hydrogen-bond acceptors (Lipinski definition) is 9. The van der Waals surface area contributed by atoms with Crippen LogP contribution in [0.25, 0.3) is 10.2 Å². The largest absolute Gasteiger partial charge is 0.482 e. The number of carbonyl (C=O) groups is 4. The van der Waals surface area contributed by atoms with Crippen LogP contribution in [0.4, 0.5) is 15.6 Å². The first-order chi connectivity index (χ1) is 19.2. The summed E-state index contributed by atoms with van der Waals surface area (Å²) in [7, 11) is 3.11. The summed E-state index contributed by atoms with van der Waals surface area (Å²) >= 11 is 1.38. The smallest absolute Gasteiger partial charge is 0.331 e. The van der Waals surface area contributed by atoms with E-state index in [2.05, 4.69) is 15.6 Å². The number of benzene rings is 2. The first-order valence-electron chi connectivity index (χ1n) is 12.7. The Kier molecular flexibility index (Phi) is 6.43. The number of amides is 5. The molecule has 0 radical (unpaired) electrons. The number of aromatic nitrogens is 1. The lowest BCUT2D eigenvalue weighted by Crippen LogP contribution is -2.65. The molecule has 1 aromatic heterocycles. The van der Waals surface area contributed by atoms with Gasteiger partial charge in [-0.1, -0.05) is 29.5 Å². The van der Waals surface area contributed by atoms with Crippen molar-refractivity contribution in [2.45, 2.75) is 25.2 Å². The highest BCUT2D eigenvalue weighted by Gasteiger charge is 2.51. The number of carbonyl (C=O) groups excluding carboxylic acids is 4. The van der Waals surface area contributed by atoms with Crippen LogP contribution >= 0.6 is 11.3 Å². The van der Waals surface area contributed by atoms with E-state index in [1.54, 1.807) is 34.0 Å². The highest BCUT2D eigenvalue weighted by Crippen LogP contribution is 2.34. The second kappa shape index (κ2) is 9.95. The zero-order valence-electron chi connectivity index (χ0n) is 21.9. The SMILES string of the molecule is CNC(=O)N(C)N1CC(=O)N2C(Cc3ccc4c(c3)NC(=O)CO4)C(=O)N(Cc3cccc4sc(N)nc34)C[C@@H]21. The minimum atomic E-state index is -0.827. The second-order valence-corrected chi connectivity index (χ2v) is 10.9. The minimum absolute atomic E-state index is 0.0432. The molecule has 208 valence electrons. The molecule has 0 aliphatic carbocycles. The number of nitrogen functional groups attached to an aromatic ring is 1. The van der Waals surface area contributed by atoms with Gasteiger partial charge in [-0.15, -0.1) is 0 Å². The molecule has 2 atom stereocenters. The Labute approximate surface area is 233 Å². The van der Waals surface area contributed by atoms with Gasteiger partial charge in [-0.2, -0.15) is 5.01 Å².